The summed E-state index contributed by atoms with van der Waals surface area (Å²) in [4.78, 5) is 15.5. The van der Waals surface area contributed by atoms with E-state index in [0.717, 1.165) is 5.56 Å². The first-order valence-corrected chi connectivity index (χ1v) is 7.68. The normalized spacial score (nSPS) is 16.1. The third-order valence-corrected chi connectivity index (χ3v) is 3.77. The number of carbonyl (C=O) groups excluding carboxylic acids is 1. The van der Waals surface area contributed by atoms with E-state index < -0.39 is 6.09 Å². The Labute approximate surface area is 131 Å². The lowest BCUT2D eigenvalue weighted by molar-refractivity contribution is 0.187. The van der Waals surface area contributed by atoms with Gasteiger partial charge in [-0.1, -0.05) is 31.4 Å². The molecule has 2 rings (SSSR count). The molecule has 0 radical (unpaired) electrons. The van der Waals surface area contributed by atoms with E-state index in [4.69, 9.17) is 5.73 Å². The fourth-order valence-electron chi connectivity index (χ4n) is 2.54. The number of hydrogen-bond acceptors (Lipinski definition) is 3. The van der Waals surface area contributed by atoms with Crippen molar-refractivity contribution in [1.82, 2.24) is 5.32 Å². The molecule has 6 heteroatoms. The van der Waals surface area contributed by atoms with Crippen molar-refractivity contribution in [2.24, 2.45) is 10.7 Å². The fraction of sp³-hybridized carbons (Fsp3) is 0.500. The molecule has 0 bridgehead atoms. The fourth-order valence-corrected chi connectivity index (χ4v) is 2.54. The lowest BCUT2D eigenvalue weighted by atomic mass is 9.96. The first-order valence-electron chi connectivity index (χ1n) is 7.68. The average Bonchev–Trinajstić information content (AvgIpc) is 2.55. The first kappa shape index (κ1) is 16.1. The number of nitrogens with one attached hydrogen (secondary N) is 2. The largest absolute Gasteiger partial charge is 0.453 e. The number of carbonyl (C=O) groups is 1. The smallest absolute Gasteiger partial charge is 0.411 e. The molecule has 1 aliphatic rings. The molecule has 1 amide bonds. The molecule has 6 nitrogen and oxygen atoms in total. The van der Waals surface area contributed by atoms with Crippen molar-refractivity contribution in [2.45, 2.75) is 44.7 Å². The minimum atomic E-state index is -0.480. The van der Waals surface area contributed by atoms with Gasteiger partial charge in [-0.25, -0.2) is 9.79 Å². The van der Waals surface area contributed by atoms with Gasteiger partial charge in [-0.15, -0.1) is 0 Å². The molecule has 0 atom stereocenters. The van der Waals surface area contributed by atoms with E-state index in [1.165, 1.54) is 39.2 Å². The van der Waals surface area contributed by atoms with Crippen LogP contribution < -0.4 is 16.4 Å². The molecule has 1 fully saturated rings. The number of anilines is 1. The predicted octanol–water partition coefficient (Wildman–Crippen LogP) is 2.60. The quantitative estimate of drug-likeness (QED) is 0.589. The molecular weight excluding hydrogens is 280 g/mol. The van der Waals surface area contributed by atoms with E-state index in [1.54, 1.807) is 0 Å². The highest BCUT2D eigenvalue weighted by Crippen LogP contribution is 2.17. The maximum Gasteiger partial charge on any atom is 0.411 e. The second-order valence-electron chi connectivity index (χ2n) is 5.49. The van der Waals surface area contributed by atoms with E-state index >= 15 is 0 Å². The van der Waals surface area contributed by atoms with E-state index in [2.05, 4.69) is 20.4 Å². The summed E-state index contributed by atoms with van der Waals surface area (Å²) in [7, 11) is 1.33. The highest BCUT2D eigenvalue weighted by Gasteiger charge is 2.13. The minimum absolute atomic E-state index is 0.462. The van der Waals surface area contributed by atoms with Crippen molar-refractivity contribution in [3.05, 3.63) is 29.8 Å². The van der Waals surface area contributed by atoms with Crippen LogP contribution in [-0.4, -0.2) is 25.2 Å². The number of ether oxygens (including phenoxy) is 1. The highest BCUT2D eigenvalue weighted by atomic mass is 16.5. The Hall–Kier alpha value is -2.24. The van der Waals surface area contributed by atoms with Crippen LogP contribution in [0.5, 0.6) is 0 Å². The lowest BCUT2D eigenvalue weighted by Crippen LogP contribution is -2.41. The Morgan fingerprint density at radius 3 is 2.59 bits per heavy atom. The molecular formula is C16H24N4O2. The number of nitrogens with two attached hydrogens (primary N) is 1. The third-order valence-electron chi connectivity index (χ3n) is 3.77. The van der Waals surface area contributed by atoms with Crippen molar-refractivity contribution < 1.29 is 9.53 Å². The van der Waals surface area contributed by atoms with Gasteiger partial charge in [-0.3, -0.25) is 5.32 Å². The average molecular weight is 304 g/mol. The molecule has 0 spiro atoms. The van der Waals surface area contributed by atoms with Crippen LogP contribution in [0.2, 0.25) is 0 Å². The molecule has 0 heterocycles. The van der Waals surface area contributed by atoms with Gasteiger partial charge in [-0.05, 0) is 30.5 Å². The monoisotopic (exact) mass is 304 g/mol. The van der Waals surface area contributed by atoms with E-state index in [0.29, 0.717) is 24.2 Å². The second kappa shape index (κ2) is 8.26. The van der Waals surface area contributed by atoms with E-state index in [-0.39, 0.29) is 0 Å². The van der Waals surface area contributed by atoms with Crippen molar-refractivity contribution in [2.75, 3.05) is 12.4 Å². The summed E-state index contributed by atoms with van der Waals surface area (Å²) in [5, 5.41) is 5.89. The SMILES string of the molecule is COC(=O)Nc1ccc(CN=C(N)NC2CCCCC2)cc1. The zero-order valence-corrected chi connectivity index (χ0v) is 13.0. The van der Waals surface area contributed by atoms with Gasteiger partial charge in [0.15, 0.2) is 5.96 Å². The standard InChI is InChI=1S/C16H24N4O2/c1-22-16(21)20-14-9-7-12(8-10-14)11-18-15(17)19-13-5-3-2-4-6-13/h7-10,13H,2-6,11H2,1H3,(H,20,21)(H3,17,18,19). The Balaban J connectivity index is 1.82. The summed E-state index contributed by atoms with van der Waals surface area (Å²) in [6.07, 6.45) is 5.71. The molecule has 1 aromatic carbocycles. The van der Waals surface area contributed by atoms with Gasteiger partial charge < -0.3 is 15.8 Å². The summed E-state index contributed by atoms with van der Waals surface area (Å²) >= 11 is 0. The summed E-state index contributed by atoms with van der Waals surface area (Å²) in [5.74, 6) is 0.503. The summed E-state index contributed by atoms with van der Waals surface area (Å²) in [6.45, 7) is 0.518. The molecule has 0 aliphatic heterocycles. The first-order chi connectivity index (χ1) is 10.7. The van der Waals surface area contributed by atoms with Gasteiger partial charge in [0.05, 0.1) is 13.7 Å². The molecule has 0 unspecified atom stereocenters. The highest BCUT2D eigenvalue weighted by molar-refractivity contribution is 5.84. The van der Waals surface area contributed by atoms with Crippen LogP contribution in [-0.2, 0) is 11.3 Å². The van der Waals surface area contributed by atoms with Gasteiger partial charge >= 0.3 is 6.09 Å². The number of aliphatic imine (C=N–C) groups is 1. The number of amides is 1. The molecule has 1 aromatic rings. The molecule has 120 valence electrons. The van der Waals surface area contributed by atoms with Crippen LogP contribution in [0, 0.1) is 0 Å². The number of nitrogens with zero attached hydrogens (tertiary/aromatic N) is 1. The number of methoxy groups -OCH3 is 1. The summed E-state index contributed by atoms with van der Waals surface area (Å²) < 4.78 is 4.54. The van der Waals surface area contributed by atoms with Gasteiger partial charge in [0.25, 0.3) is 0 Å². The number of guanidine groups is 1. The Morgan fingerprint density at radius 2 is 1.95 bits per heavy atom. The van der Waals surface area contributed by atoms with Crippen molar-refractivity contribution >= 4 is 17.7 Å². The molecule has 0 aromatic heterocycles. The number of rotatable bonds is 4. The maximum atomic E-state index is 11.1. The van der Waals surface area contributed by atoms with Gasteiger partial charge in [0.2, 0.25) is 0 Å². The van der Waals surface area contributed by atoms with Gasteiger partial charge in [-0.2, -0.15) is 0 Å². The van der Waals surface area contributed by atoms with Crippen LogP contribution in [0.1, 0.15) is 37.7 Å². The molecule has 1 saturated carbocycles. The van der Waals surface area contributed by atoms with E-state index in [1.807, 2.05) is 24.3 Å². The second-order valence-corrected chi connectivity index (χ2v) is 5.49. The van der Waals surface area contributed by atoms with Crippen LogP contribution in [0.15, 0.2) is 29.3 Å². The summed E-state index contributed by atoms with van der Waals surface area (Å²) in [5.41, 5.74) is 7.65. The molecule has 22 heavy (non-hydrogen) atoms. The van der Waals surface area contributed by atoms with Crippen LogP contribution in [0.4, 0.5) is 10.5 Å². The van der Waals surface area contributed by atoms with Crippen LogP contribution in [0.3, 0.4) is 0 Å². The third kappa shape index (κ3) is 5.27. The Bertz CT molecular complexity index is 507. The Morgan fingerprint density at radius 1 is 1.27 bits per heavy atom. The maximum absolute atomic E-state index is 11.1. The van der Waals surface area contributed by atoms with Gasteiger partial charge in [0.1, 0.15) is 0 Å². The van der Waals surface area contributed by atoms with Crippen LogP contribution >= 0.6 is 0 Å². The van der Waals surface area contributed by atoms with Crippen molar-refractivity contribution in [1.29, 1.82) is 0 Å². The zero-order chi connectivity index (χ0) is 15.8. The number of hydrogen-bond donors (Lipinski definition) is 3. The lowest BCUT2D eigenvalue weighted by Gasteiger charge is -2.23. The molecule has 4 N–H and O–H groups in total. The van der Waals surface area contributed by atoms with Crippen molar-refractivity contribution in [3.63, 3.8) is 0 Å². The molecule has 1 aliphatic carbocycles. The van der Waals surface area contributed by atoms with E-state index in [9.17, 15) is 4.79 Å². The summed E-state index contributed by atoms with van der Waals surface area (Å²) in [6, 6.07) is 7.90. The van der Waals surface area contributed by atoms with Crippen molar-refractivity contribution in [3.8, 4) is 0 Å². The molecule has 0 saturated heterocycles. The minimum Gasteiger partial charge on any atom is -0.453 e. The topological polar surface area (TPSA) is 88.7 Å². The van der Waals surface area contributed by atoms with Crippen LogP contribution in [0.25, 0.3) is 0 Å². The zero-order valence-electron chi connectivity index (χ0n) is 13.0. The number of benzene rings is 1. The Kier molecular flexibility index (Phi) is 6.06. The predicted molar refractivity (Wildman–Crippen MR) is 87.8 cm³/mol. The van der Waals surface area contributed by atoms with Gasteiger partial charge in [0, 0.05) is 11.7 Å².